The molecule has 2 aromatic heterocycles. The monoisotopic (exact) mass is 410 g/mol. The summed E-state index contributed by atoms with van der Waals surface area (Å²) < 4.78 is 0. The Morgan fingerprint density at radius 3 is 2.04 bits per heavy atom. The first-order valence-corrected chi connectivity index (χ1v) is 11.6. The van der Waals surface area contributed by atoms with Crippen LogP contribution >= 0.6 is 34.4 Å². The van der Waals surface area contributed by atoms with Crippen molar-refractivity contribution in [3.63, 3.8) is 0 Å². The van der Waals surface area contributed by atoms with Crippen LogP contribution < -0.4 is 0 Å². The number of allylic oxidation sites excluding steroid dienone is 2. The summed E-state index contributed by atoms with van der Waals surface area (Å²) in [7, 11) is 0. The maximum absolute atomic E-state index is 13.5. The zero-order valence-corrected chi connectivity index (χ0v) is 18.4. The number of aryl methyl sites for hydroxylation is 4. The van der Waals surface area contributed by atoms with Gasteiger partial charge in [-0.05, 0) is 75.1 Å². The first-order chi connectivity index (χ1) is 12.9. The third kappa shape index (κ3) is 3.58. The van der Waals surface area contributed by atoms with Crippen LogP contribution in [0.1, 0.15) is 37.1 Å². The van der Waals surface area contributed by atoms with Crippen molar-refractivity contribution in [2.24, 2.45) is 0 Å². The fourth-order valence-corrected chi connectivity index (χ4v) is 6.80. The van der Waals surface area contributed by atoms with E-state index in [-0.39, 0.29) is 11.0 Å². The Hall–Kier alpha value is -1.62. The van der Waals surface area contributed by atoms with Gasteiger partial charge < -0.3 is 0 Å². The Balaban J connectivity index is 1.80. The summed E-state index contributed by atoms with van der Waals surface area (Å²) in [6.07, 6.45) is 0.805. The van der Waals surface area contributed by atoms with Gasteiger partial charge in [-0.1, -0.05) is 18.2 Å². The zero-order valence-electron chi connectivity index (χ0n) is 16.0. The van der Waals surface area contributed by atoms with Crippen LogP contribution in [0, 0.1) is 27.7 Å². The maximum Gasteiger partial charge on any atom is 0.177 e. The lowest BCUT2D eigenvalue weighted by Crippen LogP contribution is -2.11. The summed E-state index contributed by atoms with van der Waals surface area (Å²) in [5.74, 6) is 0.281. The lowest BCUT2D eigenvalue weighted by molar-refractivity contribution is -0.112. The standard InChI is InChI=1S/C23H22OS3/c1-13-10-18(15(3)25-13)20-12-21(27-17-8-6-5-7-9-17)23(24)22(20)19-11-14(2)26-16(19)4/h5-11,21H,12H2,1-4H3. The number of thiophene rings is 2. The van der Waals surface area contributed by atoms with Crippen molar-refractivity contribution < 1.29 is 4.79 Å². The number of rotatable bonds is 4. The number of hydrogen-bond donors (Lipinski definition) is 0. The number of carbonyl (C=O) groups excluding carboxylic acids is 1. The Morgan fingerprint density at radius 1 is 0.889 bits per heavy atom. The number of ketones is 1. The van der Waals surface area contributed by atoms with E-state index in [2.05, 4.69) is 52.0 Å². The van der Waals surface area contributed by atoms with E-state index in [4.69, 9.17) is 0 Å². The molecule has 2 heterocycles. The van der Waals surface area contributed by atoms with Gasteiger partial charge in [0.15, 0.2) is 5.78 Å². The summed E-state index contributed by atoms with van der Waals surface area (Å²) in [6.45, 7) is 8.57. The van der Waals surface area contributed by atoms with Crippen molar-refractivity contribution in [1.29, 1.82) is 0 Å². The molecule has 1 aliphatic carbocycles. The van der Waals surface area contributed by atoms with Crippen molar-refractivity contribution in [3.8, 4) is 0 Å². The summed E-state index contributed by atoms with van der Waals surface area (Å²) >= 11 is 5.30. The van der Waals surface area contributed by atoms with Gasteiger partial charge in [0.25, 0.3) is 0 Å². The highest BCUT2D eigenvalue weighted by Crippen LogP contribution is 2.47. The van der Waals surface area contributed by atoms with Gasteiger partial charge in [0.2, 0.25) is 0 Å². The van der Waals surface area contributed by atoms with Crippen LogP contribution in [0.3, 0.4) is 0 Å². The van der Waals surface area contributed by atoms with Gasteiger partial charge in [0.1, 0.15) is 0 Å². The quantitative estimate of drug-likeness (QED) is 0.457. The van der Waals surface area contributed by atoms with Crippen LogP contribution in [-0.4, -0.2) is 11.0 Å². The molecule has 1 aromatic carbocycles. The van der Waals surface area contributed by atoms with Crippen LogP contribution in [-0.2, 0) is 4.79 Å². The molecule has 138 valence electrons. The van der Waals surface area contributed by atoms with Gasteiger partial charge in [-0.15, -0.1) is 34.4 Å². The lowest BCUT2D eigenvalue weighted by atomic mass is 9.97. The van der Waals surface area contributed by atoms with Crippen LogP contribution in [0.5, 0.6) is 0 Å². The van der Waals surface area contributed by atoms with E-state index in [0.29, 0.717) is 0 Å². The highest BCUT2D eigenvalue weighted by Gasteiger charge is 2.36. The number of benzene rings is 1. The summed E-state index contributed by atoms with van der Waals surface area (Å²) in [5, 5.41) is -0.0448. The van der Waals surface area contributed by atoms with Crippen LogP contribution in [0.25, 0.3) is 11.1 Å². The van der Waals surface area contributed by atoms with Gasteiger partial charge in [-0.2, -0.15) is 0 Å². The van der Waals surface area contributed by atoms with E-state index >= 15 is 0 Å². The van der Waals surface area contributed by atoms with Crippen molar-refractivity contribution in [2.75, 3.05) is 0 Å². The molecule has 0 spiro atoms. The molecule has 3 aromatic rings. The molecule has 1 atom stereocenters. The topological polar surface area (TPSA) is 17.1 Å². The Kier molecular flexibility index (Phi) is 5.15. The Labute approximate surface area is 173 Å². The van der Waals surface area contributed by atoms with Gasteiger partial charge in [-0.3, -0.25) is 4.79 Å². The first-order valence-electron chi connectivity index (χ1n) is 9.08. The second-order valence-electron chi connectivity index (χ2n) is 7.00. The molecule has 0 aliphatic heterocycles. The lowest BCUT2D eigenvalue weighted by Gasteiger charge is -2.09. The number of Topliss-reactive ketones (excluding diaryl/α,β-unsaturated/α-hetero) is 1. The number of hydrogen-bond acceptors (Lipinski definition) is 4. The van der Waals surface area contributed by atoms with Crippen LogP contribution in [0.15, 0.2) is 47.4 Å². The van der Waals surface area contributed by atoms with Gasteiger partial charge in [-0.25, -0.2) is 0 Å². The molecule has 27 heavy (non-hydrogen) atoms. The number of thioether (sulfide) groups is 1. The minimum Gasteiger partial charge on any atom is -0.293 e. The molecule has 1 unspecified atom stereocenters. The predicted octanol–water partition coefficient (Wildman–Crippen LogP) is 7.09. The maximum atomic E-state index is 13.5. The van der Waals surface area contributed by atoms with Crippen LogP contribution in [0.4, 0.5) is 0 Å². The summed E-state index contributed by atoms with van der Waals surface area (Å²) in [6, 6.07) is 14.7. The predicted molar refractivity (Wildman–Crippen MR) is 120 cm³/mol. The minimum absolute atomic E-state index is 0.0448. The van der Waals surface area contributed by atoms with E-state index in [1.54, 1.807) is 23.1 Å². The van der Waals surface area contributed by atoms with Crippen molar-refractivity contribution in [1.82, 2.24) is 0 Å². The summed E-state index contributed by atoms with van der Waals surface area (Å²) in [5.41, 5.74) is 4.58. The molecule has 0 saturated carbocycles. The molecule has 0 saturated heterocycles. The molecule has 1 aliphatic rings. The third-order valence-corrected chi connectivity index (χ3v) is 8.07. The minimum atomic E-state index is -0.0448. The first kappa shape index (κ1) is 18.7. The zero-order chi connectivity index (χ0) is 19.1. The molecule has 0 bridgehead atoms. The van der Waals surface area contributed by atoms with E-state index < -0.39 is 0 Å². The SMILES string of the molecule is Cc1cc(C2=C(c3cc(C)sc3C)C(=O)C(Sc3ccccc3)C2)c(C)s1. The molecule has 0 amide bonds. The average Bonchev–Trinajstić information content (AvgIpc) is 3.24. The fraction of sp³-hybridized carbons (Fsp3) is 0.261. The third-order valence-electron chi connectivity index (χ3n) is 4.93. The highest BCUT2D eigenvalue weighted by molar-refractivity contribution is 8.00. The molecule has 4 heteroatoms. The van der Waals surface area contributed by atoms with Gasteiger partial charge in [0.05, 0.1) is 5.25 Å². The molecular formula is C23H22OS3. The molecule has 0 N–H and O–H groups in total. The second kappa shape index (κ2) is 7.42. The molecular weight excluding hydrogens is 388 g/mol. The van der Waals surface area contributed by atoms with Crippen LogP contribution in [0.2, 0.25) is 0 Å². The molecule has 1 nitrogen and oxygen atoms in total. The van der Waals surface area contributed by atoms with Crippen molar-refractivity contribution >= 4 is 51.4 Å². The van der Waals surface area contributed by atoms with E-state index in [0.717, 1.165) is 22.5 Å². The van der Waals surface area contributed by atoms with Crippen molar-refractivity contribution in [3.05, 3.63) is 73.1 Å². The Bertz CT molecular complexity index is 1040. The molecule has 0 radical (unpaired) electrons. The fourth-order valence-electron chi connectivity index (χ4n) is 3.80. The highest BCUT2D eigenvalue weighted by atomic mass is 32.2. The Morgan fingerprint density at radius 2 is 1.48 bits per heavy atom. The molecule has 0 fully saturated rings. The van der Waals surface area contributed by atoms with E-state index in [1.807, 2.05) is 29.5 Å². The largest absolute Gasteiger partial charge is 0.293 e. The normalized spacial score (nSPS) is 17.2. The van der Waals surface area contributed by atoms with Gasteiger partial charge in [0, 0.05) is 30.0 Å². The average molecular weight is 411 g/mol. The van der Waals surface area contributed by atoms with Crippen molar-refractivity contribution in [2.45, 2.75) is 44.3 Å². The molecule has 4 rings (SSSR count). The smallest absolute Gasteiger partial charge is 0.177 e. The van der Waals surface area contributed by atoms with E-state index in [9.17, 15) is 4.79 Å². The van der Waals surface area contributed by atoms with E-state index in [1.165, 1.54) is 30.6 Å². The number of carbonyl (C=O) groups is 1. The second-order valence-corrected chi connectivity index (χ2v) is 11.2. The summed E-state index contributed by atoms with van der Waals surface area (Å²) in [4.78, 5) is 19.8. The van der Waals surface area contributed by atoms with Gasteiger partial charge >= 0.3 is 0 Å².